The van der Waals surface area contributed by atoms with Gasteiger partial charge in [-0.05, 0) is 68.5 Å². The van der Waals surface area contributed by atoms with Gasteiger partial charge in [0.15, 0.2) is 0 Å². The monoisotopic (exact) mass is 571 g/mol. The Labute approximate surface area is 244 Å². The third kappa shape index (κ3) is 5.47. The molecule has 0 aliphatic rings. The van der Waals surface area contributed by atoms with Crippen LogP contribution in [0, 0.1) is 20.8 Å². The van der Waals surface area contributed by atoms with Gasteiger partial charge in [0, 0.05) is 34.1 Å². The van der Waals surface area contributed by atoms with Crippen LogP contribution in [0.15, 0.2) is 34.9 Å². The number of aromatic nitrogens is 4. The van der Waals surface area contributed by atoms with Crippen LogP contribution >= 0.6 is 0 Å². The number of hydrogen-bond donors (Lipinski definition) is 4. The van der Waals surface area contributed by atoms with Gasteiger partial charge >= 0.3 is 0 Å². The molecular weight excluding hydrogens is 534 g/mol. The van der Waals surface area contributed by atoms with E-state index >= 15 is 0 Å². The van der Waals surface area contributed by atoms with Gasteiger partial charge in [-0.15, -0.1) is 0 Å². The molecule has 3 aromatic heterocycles. The highest BCUT2D eigenvalue weighted by atomic mass is 16.5. The van der Waals surface area contributed by atoms with E-state index < -0.39 is 6.10 Å². The Morgan fingerprint density at radius 2 is 1.88 bits per heavy atom. The van der Waals surface area contributed by atoms with E-state index in [2.05, 4.69) is 42.3 Å². The molecule has 10 nitrogen and oxygen atoms in total. The van der Waals surface area contributed by atoms with E-state index in [0.717, 1.165) is 44.2 Å². The van der Waals surface area contributed by atoms with E-state index in [9.17, 15) is 9.90 Å². The second-order valence-corrected chi connectivity index (χ2v) is 11.7. The smallest absolute Gasteiger partial charge is 0.251 e. The molecule has 0 saturated carbocycles. The zero-order valence-corrected chi connectivity index (χ0v) is 25.0. The number of aliphatic hydroxyl groups is 2. The quantitative estimate of drug-likeness (QED) is 0.200. The molecular formula is C32H37N5O5. The maximum atomic E-state index is 13.2. The standard InChI is InChI=1S/C32H37N5O5/c1-16-27(17(2)42-37-16)24-13-25-23(14-26(24)41-7)28-29(34-18(3)35-30(28)36-25)19-10-20(12-21(11-19)32(4,5)6)31(40)33-9-8-22(39)15-38/h10-14,22,38-39H,8-9,15H2,1-7H3,(H,33,40)(H,34,35,36)/t22-/m0/s1. The molecule has 42 heavy (non-hydrogen) atoms. The number of benzene rings is 2. The maximum Gasteiger partial charge on any atom is 0.251 e. The van der Waals surface area contributed by atoms with Crippen molar-refractivity contribution in [1.82, 2.24) is 25.4 Å². The third-order valence-electron chi connectivity index (χ3n) is 7.49. The summed E-state index contributed by atoms with van der Waals surface area (Å²) in [5, 5.41) is 27.5. The van der Waals surface area contributed by atoms with Crippen molar-refractivity contribution < 1.29 is 24.3 Å². The largest absolute Gasteiger partial charge is 0.496 e. The Balaban J connectivity index is 1.70. The Hall–Kier alpha value is -4.28. The number of carbonyl (C=O) groups is 1. The first kappa shape index (κ1) is 29.2. The number of nitrogens with zero attached hydrogens (tertiary/aromatic N) is 3. The summed E-state index contributed by atoms with van der Waals surface area (Å²) in [6.07, 6.45) is -0.622. The number of nitrogens with one attached hydrogen (secondary N) is 2. The predicted octanol–water partition coefficient (Wildman–Crippen LogP) is 5.14. The zero-order chi connectivity index (χ0) is 30.3. The number of aromatic amines is 1. The highest BCUT2D eigenvalue weighted by molar-refractivity contribution is 6.14. The number of methoxy groups -OCH3 is 1. The first-order chi connectivity index (χ1) is 19.9. The van der Waals surface area contributed by atoms with Crippen LogP contribution in [0.2, 0.25) is 0 Å². The van der Waals surface area contributed by atoms with E-state index in [1.54, 1.807) is 7.11 Å². The van der Waals surface area contributed by atoms with Crippen molar-refractivity contribution in [1.29, 1.82) is 0 Å². The highest BCUT2D eigenvalue weighted by Gasteiger charge is 2.23. The molecule has 0 fully saturated rings. The molecule has 0 aliphatic carbocycles. The lowest BCUT2D eigenvalue weighted by atomic mass is 9.84. The fourth-order valence-electron chi connectivity index (χ4n) is 5.25. The summed E-state index contributed by atoms with van der Waals surface area (Å²) in [6.45, 7) is 11.8. The van der Waals surface area contributed by atoms with Gasteiger partial charge in [0.05, 0.1) is 42.2 Å². The minimum absolute atomic E-state index is 0.238. The molecule has 5 aromatic rings. The van der Waals surface area contributed by atoms with Gasteiger partial charge in [0.2, 0.25) is 0 Å². The van der Waals surface area contributed by atoms with Crippen LogP contribution < -0.4 is 10.1 Å². The molecule has 0 spiro atoms. The minimum Gasteiger partial charge on any atom is -0.496 e. The highest BCUT2D eigenvalue weighted by Crippen LogP contribution is 2.42. The molecule has 1 atom stereocenters. The van der Waals surface area contributed by atoms with E-state index in [0.29, 0.717) is 34.2 Å². The number of aryl methyl sites for hydroxylation is 3. The number of rotatable bonds is 8. The van der Waals surface area contributed by atoms with E-state index in [1.165, 1.54) is 0 Å². The summed E-state index contributed by atoms with van der Waals surface area (Å²) in [5.41, 5.74) is 6.75. The second-order valence-electron chi connectivity index (χ2n) is 11.7. The van der Waals surface area contributed by atoms with Crippen LogP contribution in [0.4, 0.5) is 0 Å². The SMILES string of the molecule is COc1cc2c(cc1-c1c(C)noc1C)[nH]c1nc(C)nc(-c3cc(C(=O)NCC[C@H](O)CO)cc(C(C)(C)C)c3)c12. The number of hydrogen-bond acceptors (Lipinski definition) is 8. The van der Waals surface area contributed by atoms with E-state index in [-0.39, 0.29) is 30.9 Å². The van der Waals surface area contributed by atoms with Gasteiger partial charge in [-0.25, -0.2) is 9.97 Å². The van der Waals surface area contributed by atoms with E-state index in [1.807, 2.05) is 45.0 Å². The second kappa shape index (κ2) is 11.2. The Bertz CT molecular complexity index is 1780. The Morgan fingerprint density at radius 3 is 2.52 bits per heavy atom. The minimum atomic E-state index is -0.879. The molecule has 220 valence electrons. The normalized spacial score (nSPS) is 12.7. The lowest BCUT2D eigenvalue weighted by Gasteiger charge is -2.21. The van der Waals surface area contributed by atoms with Gasteiger partial charge in [-0.3, -0.25) is 4.79 Å². The summed E-state index contributed by atoms with van der Waals surface area (Å²) in [6, 6.07) is 9.79. The zero-order valence-electron chi connectivity index (χ0n) is 25.0. The third-order valence-corrected chi connectivity index (χ3v) is 7.49. The summed E-state index contributed by atoms with van der Waals surface area (Å²) >= 11 is 0. The fourth-order valence-corrected chi connectivity index (χ4v) is 5.25. The van der Waals surface area contributed by atoms with Crippen molar-refractivity contribution >= 4 is 27.8 Å². The van der Waals surface area contributed by atoms with Crippen molar-refractivity contribution in [3.63, 3.8) is 0 Å². The van der Waals surface area contributed by atoms with Gasteiger partial charge in [0.1, 0.15) is 23.0 Å². The molecule has 4 N–H and O–H groups in total. The first-order valence-corrected chi connectivity index (χ1v) is 14.0. The number of amides is 1. The van der Waals surface area contributed by atoms with Crippen molar-refractivity contribution in [3.8, 4) is 28.1 Å². The maximum absolute atomic E-state index is 13.2. The molecule has 3 heterocycles. The Kier molecular flexibility index (Phi) is 7.78. The summed E-state index contributed by atoms with van der Waals surface area (Å²) in [4.78, 5) is 26.3. The van der Waals surface area contributed by atoms with Crippen molar-refractivity contribution in [2.45, 2.75) is 59.5 Å². The van der Waals surface area contributed by atoms with Gasteiger partial charge in [-0.2, -0.15) is 0 Å². The van der Waals surface area contributed by atoms with Crippen molar-refractivity contribution in [2.24, 2.45) is 0 Å². The molecule has 0 radical (unpaired) electrons. The fraction of sp³-hybridized carbons (Fsp3) is 0.375. The number of fused-ring (bicyclic) bond motifs is 3. The summed E-state index contributed by atoms with van der Waals surface area (Å²) in [7, 11) is 1.64. The molecule has 0 unspecified atom stereocenters. The van der Waals surface area contributed by atoms with Gasteiger partial charge in [0.25, 0.3) is 5.91 Å². The first-order valence-electron chi connectivity index (χ1n) is 14.0. The number of H-pyrrole nitrogens is 1. The number of aliphatic hydroxyl groups excluding tert-OH is 2. The molecule has 0 bridgehead atoms. The van der Waals surface area contributed by atoms with E-state index in [4.69, 9.17) is 24.3 Å². The predicted molar refractivity (Wildman–Crippen MR) is 162 cm³/mol. The average molecular weight is 572 g/mol. The topological polar surface area (TPSA) is 146 Å². The van der Waals surface area contributed by atoms with Crippen molar-refractivity contribution in [2.75, 3.05) is 20.3 Å². The number of ether oxygens (including phenoxy) is 1. The average Bonchev–Trinajstić information content (AvgIpc) is 3.48. The van der Waals surface area contributed by atoms with Gasteiger partial charge < -0.3 is 29.8 Å². The number of carbonyl (C=O) groups excluding carboxylic acids is 1. The van der Waals surface area contributed by atoms with Crippen LogP contribution in [0.3, 0.4) is 0 Å². The molecule has 5 rings (SSSR count). The molecule has 0 saturated heterocycles. The lowest BCUT2D eigenvalue weighted by molar-refractivity contribution is 0.0834. The van der Waals surface area contributed by atoms with Gasteiger partial charge in [-0.1, -0.05) is 25.9 Å². The van der Waals surface area contributed by atoms with Crippen molar-refractivity contribution in [3.05, 3.63) is 58.7 Å². The van der Waals surface area contributed by atoms with Crippen LogP contribution in [-0.2, 0) is 5.41 Å². The molecule has 1 amide bonds. The molecule has 10 heteroatoms. The molecule has 0 aliphatic heterocycles. The molecule has 2 aromatic carbocycles. The summed E-state index contributed by atoms with van der Waals surface area (Å²) < 4.78 is 11.3. The lowest BCUT2D eigenvalue weighted by Crippen LogP contribution is -2.28. The van der Waals surface area contributed by atoms with Crippen LogP contribution in [-0.4, -0.2) is 62.6 Å². The van der Waals surface area contributed by atoms with Crippen LogP contribution in [0.1, 0.15) is 60.4 Å². The van der Waals surface area contributed by atoms with Crippen LogP contribution in [0.25, 0.3) is 44.3 Å². The summed E-state index contributed by atoms with van der Waals surface area (Å²) in [5.74, 6) is 1.69. The van der Waals surface area contributed by atoms with Crippen LogP contribution in [0.5, 0.6) is 5.75 Å². The Morgan fingerprint density at radius 1 is 1.12 bits per heavy atom.